The van der Waals surface area contributed by atoms with Crippen LogP contribution in [0.1, 0.15) is 22.8 Å². The van der Waals surface area contributed by atoms with Crippen LogP contribution in [0.15, 0.2) is 46.2 Å². The number of nitrogens with one attached hydrogen (secondary N) is 1. The number of Topliss-reactive ketones (excluding diaryl/α,β-unsaturated/α-hetero) is 1. The molecule has 3 heterocycles. The lowest BCUT2D eigenvalue weighted by atomic mass is 10.1. The summed E-state index contributed by atoms with van der Waals surface area (Å²) in [5.41, 5.74) is -0.522. The molecule has 1 amide bonds. The molecule has 0 saturated carbocycles. The Morgan fingerprint density at radius 2 is 1.79 bits per heavy atom. The number of carbonyl (C=O) groups is 2. The van der Waals surface area contributed by atoms with Gasteiger partial charge in [0.05, 0.1) is 37.0 Å². The van der Waals surface area contributed by atoms with Gasteiger partial charge >= 0.3 is 5.69 Å². The number of rotatable bonds is 8. The predicted octanol–water partition coefficient (Wildman–Crippen LogP) is 1.14. The third-order valence-corrected chi connectivity index (χ3v) is 6.53. The van der Waals surface area contributed by atoms with Gasteiger partial charge in [0.1, 0.15) is 22.1 Å². The highest BCUT2D eigenvalue weighted by atomic mass is 32.1. The zero-order valence-electron chi connectivity index (χ0n) is 18.8. The van der Waals surface area contributed by atoms with Crippen LogP contribution in [0, 0.1) is 6.92 Å². The maximum absolute atomic E-state index is 13.4. The van der Waals surface area contributed by atoms with Gasteiger partial charge < -0.3 is 10.1 Å². The Kier molecular flexibility index (Phi) is 6.41. The van der Waals surface area contributed by atoms with E-state index in [2.05, 4.69) is 15.5 Å². The first-order valence-corrected chi connectivity index (χ1v) is 11.2. The van der Waals surface area contributed by atoms with Gasteiger partial charge in [-0.3, -0.25) is 23.5 Å². The number of nitrogens with zero attached hydrogens (tertiary/aromatic N) is 5. The second-order valence-electron chi connectivity index (χ2n) is 7.37. The highest BCUT2D eigenvalue weighted by Crippen LogP contribution is 2.30. The third-order valence-electron chi connectivity index (χ3n) is 5.25. The van der Waals surface area contributed by atoms with Crippen LogP contribution in [-0.4, -0.2) is 49.5 Å². The molecule has 3 aromatic heterocycles. The molecule has 12 heteroatoms. The number of aromatic nitrogens is 5. The summed E-state index contributed by atoms with van der Waals surface area (Å²) in [4.78, 5) is 53.8. The number of benzene rings is 1. The number of amides is 1. The van der Waals surface area contributed by atoms with Crippen LogP contribution in [0.2, 0.25) is 0 Å². The van der Waals surface area contributed by atoms with E-state index in [4.69, 9.17) is 4.74 Å². The lowest BCUT2D eigenvalue weighted by Gasteiger charge is -2.13. The molecule has 0 bridgehead atoms. The van der Waals surface area contributed by atoms with Crippen molar-refractivity contribution < 1.29 is 14.3 Å². The first-order chi connectivity index (χ1) is 16.4. The summed E-state index contributed by atoms with van der Waals surface area (Å²) in [6.45, 7) is 2.99. The van der Waals surface area contributed by atoms with Crippen LogP contribution in [-0.2, 0) is 17.9 Å². The average molecular weight is 483 g/mol. The van der Waals surface area contributed by atoms with Crippen molar-refractivity contribution in [3.05, 3.63) is 68.6 Å². The van der Waals surface area contributed by atoms with E-state index in [1.165, 1.54) is 28.9 Å². The number of aryl methyl sites for hydroxylation is 1. The zero-order chi connectivity index (χ0) is 24.4. The van der Waals surface area contributed by atoms with E-state index in [1.807, 2.05) is 0 Å². The molecule has 0 atom stereocenters. The number of fused-ring (bicyclic) bond motifs is 1. The van der Waals surface area contributed by atoms with Gasteiger partial charge in [-0.1, -0.05) is 23.5 Å². The second kappa shape index (κ2) is 9.43. The van der Waals surface area contributed by atoms with E-state index in [-0.39, 0.29) is 17.7 Å². The Bertz CT molecular complexity index is 1500. The maximum Gasteiger partial charge on any atom is 0.333 e. The van der Waals surface area contributed by atoms with Crippen LogP contribution in [0.4, 0.5) is 0 Å². The van der Waals surface area contributed by atoms with E-state index >= 15 is 0 Å². The number of likely N-dealkylation sites (N-methyl/N-ethyl adjacent to an activating group) is 1. The van der Waals surface area contributed by atoms with Crippen molar-refractivity contribution in [2.24, 2.45) is 0 Å². The molecule has 4 rings (SSSR count). The summed E-state index contributed by atoms with van der Waals surface area (Å²) < 4.78 is 7.35. The number of hydrogen-bond acceptors (Lipinski definition) is 8. The van der Waals surface area contributed by atoms with Gasteiger partial charge in [-0.25, -0.2) is 4.79 Å². The molecule has 4 aromatic rings. The molecule has 1 N–H and O–H groups in total. The first kappa shape index (κ1) is 23.1. The van der Waals surface area contributed by atoms with Crippen LogP contribution < -0.4 is 21.3 Å². The SMILES string of the molecule is CCNC(=O)Cn1c(=O)c2c(C)c(-n3nccn3)sc2n(CC(=O)c2ccccc2OC)c1=O. The second-order valence-corrected chi connectivity index (χ2v) is 8.35. The molecule has 1 aromatic carbocycles. The molecule has 0 aliphatic heterocycles. The van der Waals surface area contributed by atoms with Crippen LogP contribution in [0.5, 0.6) is 5.75 Å². The number of carbonyl (C=O) groups excluding carboxylic acids is 2. The van der Waals surface area contributed by atoms with Gasteiger partial charge in [-0.15, -0.1) is 4.80 Å². The molecule has 34 heavy (non-hydrogen) atoms. The number of methoxy groups -OCH3 is 1. The summed E-state index contributed by atoms with van der Waals surface area (Å²) in [5.74, 6) is -0.490. The number of thiophene rings is 1. The van der Waals surface area contributed by atoms with Crippen molar-refractivity contribution in [2.75, 3.05) is 13.7 Å². The molecule has 11 nitrogen and oxygen atoms in total. The summed E-state index contributed by atoms with van der Waals surface area (Å²) in [7, 11) is 1.45. The predicted molar refractivity (Wildman–Crippen MR) is 126 cm³/mol. The van der Waals surface area contributed by atoms with Gasteiger partial charge in [0.2, 0.25) is 5.91 Å². The number of hydrogen-bond donors (Lipinski definition) is 1. The fourth-order valence-electron chi connectivity index (χ4n) is 3.67. The minimum absolute atomic E-state index is 0.231. The van der Waals surface area contributed by atoms with Crippen molar-refractivity contribution in [3.8, 4) is 10.8 Å². The Morgan fingerprint density at radius 1 is 1.09 bits per heavy atom. The molecule has 0 aliphatic carbocycles. The monoisotopic (exact) mass is 482 g/mol. The van der Waals surface area contributed by atoms with Gasteiger partial charge in [-0.2, -0.15) is 10.2 Å². The number of para-hydroxylation sites is 1. The lowest BCUT2D eigenvalue weighted by Crippen LogP contribution is -2.44. The summed E-state index contributed by atoms with van der Waals surface area (Å²) in [6, 6.07) is 6.69. The highest BCUT2D eigenvalue weighted by Gasteiger charge is 2.24. The fraction of sp³-hybridized carbons (Fsp3) is 0.273. The van der Waals surface area contributed by atoms with Gasteiger partial charge in [-0.05, 0) is 26.0 Å². The smallest absolute Gasteiger partial charge is 0.333 e. The van der Waals surface area contributed by atoms with Crippen molar-refractivity contribution in [3.63, 3.8) is 0 Å². The highest BCUT2D eigenvalue weighted by molar-refractivity contribution is 7.21. The van der Waals surface area contributed by atoms with Crippen molar-refractivity contribution in [2.45, 2.75) is 26.9 Å². The van der Waals surface area contributed by atoms with Crippen molar-refractivity contribution >= 4 is 33.2 Å². The molecule has 0 saturated heterocycles. The lowest BCUT2D eigenvalue weighted by molar-refractivity contribution is -0.121. The number of ether oxygens (including phenoxy) is 1. The summed E-state index contributed by atoms with van der Waals surface area (Å²) >= 11 is 1.13. The topological polar surface area (TPSA) is 130 Å². The van der Waals surface area contributed by atoms with Crippen molar-refractivity contribution in [1.82, 2.24) is 29.4 Å². The maximum atomic E-state index is 13.4. The summed E-state index contributed by atoms with van der Waals surface area (Å²) in [5, 5.41) is 11.6. The van der Waals surface area contributed by atoms with Gasteiger partial charge in [0.25, 0.3) is 5.56 Å². The quantitative estimate of drug-likeness (QED) is 0.373. The Morgan fingerprint density at radius 3 is 2.47 bits per heavy atom. The molecule has 0 fully saturated rings. The average Bonchev–Trinajstić information content (AvgIpc) is 3.47. The largest absolute Gasteiger partial charge is 0.496 e. The molecule has 176 valence electrons. The fourth-order valence-corrected chi connectivity index (χ4v) is 4.88. The third kappa shape index (κ3) is 4.03. The van der Waals surface area contributed by atoms with E-state index in [9.17, 15) is 19.2 Å². The van der Waals surface area contributed by atoms with Gasteiger partial charge in [0, 0.05) is 12.1 Å². The van der Waals surface area contributed by atoms with E-state index < -0.39 is 23.7 Å². The Labute approximate surface area is 197 Å². The van der Waals surface area contributed by atoms with E-state index in [1.54, 1.807) is 38.1 Å². The van der Waals surface area contributed by atoms with E-state index in [0.717, 1.165) is 15.9 Å². The van der Waals surface area contributed by atoms with Crippen LogP contribution in [0.25, 0.3) is 15.2 Å². The standard InChI is InChI=1S/C22H22N6O5S/c1-4-23-17(30)12-26-19(31)18-13(2)20(28-24-9-10-25-28)34-21(18)27(22(26)32)11-15(29)14-7-5-6-8-16(14)33-3/h5-10H,4,11-12H2,1-3H3,(H,23,30). The minimum Gasteiger partial charge on any atom is -0.496 e. The van der Waals surface area contributed by atoms with Crippen LogP contribution in [0.3, 0.4) is 0 Å². The molecule has 0 aliphatic rings. The minimum atomic E-state index is -0.756. The molecule has 0 radical (unpaired) electrons. The molecular weight excluding hydrogens is 460 g/mol. The van der Waals surface area contributed by atoms with E-state index in [0.29, 0.717) is 33.3 Å². The van der Waals surface area contributed by atoms with Crippen LogP contribution >= 0.6 is 11.3 Å². The molecule has 0 unspecified atom stereocenters. The molecule has 0 spiro atoms. The number of ketones is 1. The zero-order valence-corrected chi connectivity index (χ0v) is 19.6. The normalized spacial score (nSPS) is 11.0. The first-order valence-electron chi connectivity index (χ1n) is 10.4. The molecular formula is C22H22N6O5S. The summed E-state index contributed by atoms with van der Waals surface area (Å²) in [6.07, 6.45) is 2.99. The van der Waals surface area contributed by atoms with Gasteiger partial charge in [0.15, 0.2) is 5.78 Å². The Hall–Kier alpha value is -4.06. The van der Waals surface area contributed by atoms with Crippen molar-refractivity contribution in [1.29, 1.82) is 0 Å². The Balaban J connectivity index is 1.94.